The molecule has 0 bridgehead atoms. The molecule has 7 heteroatoms. The molecule has 7 nitrogen and oxygen atoms in total. The first-order valence-electron chi connectivity index (χ1n) is 7.33. The normalized spacial score (nSPS) is 17.9. The van der Waals surface area contributed by atoms with Gasteiger partial charge in [0.2, 0.25) is 0 Å². The first-order chi connectivity index (χ1) is 11.0. The zero-order valence-corrected chi connectivity index (χ0v) is 12.8. The van der Waals surface area contributed by atoms with Crippen LogP contribution in [0.15, 0.2) is 35.6 Å². The summed E-state index contributed by atoms with van der Waals surface area (Å²) in [5.74, 6) is -1.43. The Bertz CT molecular complexity index is 624. The summed E-state index contributed by atoms with van der Waals surface area (Å²) in [7, 11) is 0. The fourth-order valence-corrected chi connectivity index (χ4v) is 2.65. The van der Waals surface area contributed by atoms with Crippen LogP contribution in [0.2, 0.25) is 0 Å². The summed E-state index contributed by atoms with van der Waals surface area (Å²) in [6.07, 6.45) is 0. The van der Waals surface area contributed by atoms with Crippen LogP contribution < -0.4 is 5.32 Å². The van der Waals surface area contributed by atoms with Crippen molar-refractivity contribution in [3.05, 3.63) is 41.2 Å². The third-order valence-electron chi connectivity index (χ3n) is 3.71. The van der Waals surface area contributed by atoms with E-state index >= 15 is 0 Å². The van der Waals surface area contributed by atoms with Gasteiger partial charge in [0.05, 0.1) is 18.2 Å². The summed E-state index contributed by atoms with van der Waals surface area (Å²) in [5.41, 5.74) is 0.690. The quantitative estimate of drug-likeness (QED) is 0.536. The van der Waals surface area contributed by atoms with E-state index in [-0.39, 0.29) is 30.3 Å². The summed E-state index contributed by atoms with van der Waals surface area (Å²) in [6, 6.07) is 5.48. The van der Waals surface area contributed by atoms with Crippen molar-refractivity contribution >= 4 is 11.7 Å². The third kappa shape index (κ3) is 3.52. The molecule has 0 saturated carbocycles. The number of aliphatic hydroxyl groups is 2. The summed E-state index contributed by atoms with van der Waals surface area (Å²) >= 11 is 0. The highest BCUT2D eigenvalue weighted by atomic mass is 16.3. The molecule has 4 N–H and O–H groups in total. The second-order valence-corrected chi connectivity index (χ2v) is 5.28. The Morgan fingerprint density at radius 1 is 1.22 bits per heavy atom. The standard InChI is InChI=1S/C16H20N2O5/c1-10(20)13-14(11-2-4-12(21)5-3-11)18(16(23)15(13)22)8-6-17-7-9-19/h2-5,14,17,19,21-22H,6-9H2,1H3/t14-/m0/s1. The molecule has 1 heterocycles. The van der Waals surface area contributed by atoms with Crippen molar-refractivity contribution in [2.45, 2.75) is 13.0 Å². The first-order valence-corrected chi connectivity index (χ1v) is 7.33. The largest absolute Gasteiger partial charge is 0.508 e. The highest BCUT2D eigenvalue weighted by molar-refractivity contribution is 6.08. The Balaban J connectivity index is 2.31. The molecule has 0 unspecified atom stereocenters. The molecule has 0 aromatic heterocycles. The summed E-state index contributed by atoms with van der Waals surface area (Å²) in [4.78, 5) is 25.6. The molecule has 2 rings (SSSR count). The zero-order chi connectivity index (χ0) is 17.0. The van der Waals surface area contributed by atoms with Crippen molar-refractivity contribution in [3.63, 3.8) is 0 Å². The Morgan fingerprint density at radius 2 is 1.87 bits per heavy atom. The number of carbonyl (C=O) groups excluding carboxylic acids is 2. The maximum absolute atomic E-state index is 12.3. The minimum Gasteiger partial charge on any atom is -0.508 e. The van der Waals surface area contributed by atoms with E-state index < -0.39 is 17.7 Å². The third-order valence-corrected chi connectivity index (χ3v) is 3.71. The number of carbonyl (C=O) groups is 2. The van der Waals surface area contributed by atoms with Gasteiger partial charge in [0.1, 0.15) is 5.75 Å². The molecule has 1 aromatic rings. The summed E-state index contributed by atoms with van der Waals surface area (Å²) < 4.78 is 0. The van der Waals surface area contributed by atoms with Gasteiger partial charge in [0.15, 0.2) is 11.5 Å². The van der Waals surface area contributed by atoms with Crippen LogP contribution >= 0.6 is 0 Å². The van der Waals surface area contributed by atoms with Crippen LogP contribution in [0.1, 0.15) is 18.5 Å². The van der Waals surface area contributed by atoms with Gasteiger partial charge in [-0.2, -0.15) is 0 Å². The maximum Gasteiger partial charge on any atom is 0.290 e. The second kappa shape index (κ2) is 7.26. The van der Waals surface area contributed by atoms with Gasteiger partial charge in [-0.3, -0.25) is 9.59 Å². The van der Waals surface area contributed by atoms with E-state index in [0.717, 1.165) is 0 Å². The molecule has 0 saturated heterocycles. The number of hydrogen-bond donors (Lipinski definition) is 4. The van der Waals surface area contributed by atoms with E-state index in [1.807, 2.05) is 0 Å². The van der Waals surface area contributed by atoms with Gasteiger partial charge in [0, 0.05) is 19.6 Å². The lowest BCUT2D eigenvalue weighted by molar-refractivity contribution is -0.129. The lowest BCUT2D eigenvalue weighted by atomic mass is 9.96. The van der Waals surface area contributed by atoms with Gasteiger partial charge in [0.25, 0.3) is 5.91 Å². The van der Waals surface area contributed by atoms with Crippen LogP contribution in [0.5, 0.6) is 5.75 Å². The number of benzene rings is 1. The second-order valence-electron chi connectivity index (χ2n) is 5.28. The lowest BCUT2D eigenvalue weighted by Crippen LogP contribution is -2.37. The molecule has 1 aromatic carbocycles. The summed E-state index contributed by atoms with van der Waals surface area (Å²) in [5, 5.41) is 31.2. The number of hydrogen-bond acceptors (Lipinski definition) is 6. The monoisotopic (exact) mass is 320 g/mol. The number of nitrogens with zero attached hydrogens (tertiary/aromatic N) is 1. The van der Waals surface area contributed by atoms with Gasteiger partial charge in [-0.15, -0.1) is 0 Å². The van der Waals surface area contributed by atoms with Crippen molar-refractivity contribution in [1.82, 2.24) is 10.2 Å². The van der Waals surface area contributed by atoms with Crippen molar-refractivity contribution in [2.75, 3.05) is 26.2 Å². The van der Waals surface area contributed by atoms with Crippen LogP contribution in [-0.4, -0.2) is 58.2 Å². The molecule has 0 radical (unpaired) electrons. The van der Waals surface area contributed by atoms with Crippen molar-refractivity contribution in [3.8, 4) is 5.75 Å². The van der Waals surface area contributed by atoms with Crippen molar-refractivity contribution in [2.24, 2.45) is 0 Å². The molecule has 0 fully saturated rings. The number of rotatable bonds is 7. The minimum atomic E-state index is -0.684. The smallest absolute Gasteiger partial charge is 0.290 e. The van der Waals surface area contributed by atoms with E-state index in [1.54, 1.807) is 12.1 Å². The van der Waals surface area contributed by atoms with Gasteiger partial charge in [-0.05, 0) is 24.6 Å². The number of phenols is 1. The molecule has 1 atom stereocenters. The van der Waals surface area contributed by atoms with Crippen LogP contribution in [0.3, 0.4) is 0 Å². The van der Waals surface area contributed by atoms with Gasteiger partial charge in [-0.1, -0.05) is 12.1 Å². The molecule has 1 amide bonds. The Kier molecular flexibility index (Phi) is 5.36. The SMILES string of the molecule is CC(=O)C1=C(O)C(=O)N(CCNCCO)[C@H]1c1ccc(O)cc1. The highest BCUT2D eigenvalue weighted by Gasteiger charge is 2.41. The fourth-order valence-electron chi connectivity index (χ4n) is 2.65. The van der Waals surface area contributed by atoms with Crippen molar-refractivity contribution in [1.29, 1.82) is 0 Å². The predicted octanol–water partition coefficient (Wildman–Crippen LogP) is 0.258. The Hall–Kier alpha value is -2.38. The first kappa shape index (κ1) is 17.0. The van der Waals surface area contributed by atoms with E-state index in [9.17, 15) is 19.8 Å². The fraction of sp³-hybridized carbons (Fsp3) is 0.375. The number of ketones is 1. The van der Waals surface area contributed by atoms with Gasteiger partial charge in [-0.25, -0.2) is 0 Å². The Morgan fingerprint density at radius 3 is 2.43 bits per heavy atom. The zero-order valence-electron chi connectivity index (χ0n) is 12.8. The van der Waals surface area contributed by atoms with Crippen LogP contribution in [0, 0.1) is 0 Å². The van der Waals surface area contributed by atoms with E-state index in [1.165, 1.54) is 24.0 Å². The van der Waals surface area contributed by atoms with Crippen LogP contribution in [0.4, 0.5) is 0 Å². The molecule has 1 aliphatic heterocycles. The predicted molar refractivity (Wildman–Crippen MR) is 82.9 cm³/mol. The molecular weight excluding hydrogens is 300 g/mol. The maximum atomic E-state index is 12.3. The van der Waals surface area contributed by atoms with Crippen LogP contribution in [0.25, 0.3) is 0 Å². The van der Waals surface area contributed by atoms with Crippen LogP contribution in [-0.2, 0) is 9.59 Å². The number of amides is 1. The lowest BCUT2D eigenvalue weighted by Gasteiger charge is -2.26. The van der Waals surface area contributed by atoms with E-state index in [4.69, 9.17) is 5.11 Å². The number of phenolic OH excluding ortho intramolecular Hbond substituents is 1. The number of aliphatic hydroxyl groups excluding tert-OH is 2. The molecule has 23 heavy (non-hydrogen) atoms. The number of nitrogens with one attached hydrogen (secondary N) is 1. The molecule has 1 aliphatic rings. The minimum absolute atomic E-state index is 0.0163. The van der Waals surface area contributed by atoms with Gasteiger partial charge < -0.3 is 25.5 Å². The number of Topliss-reactive ketones (excluding diaryl/α,β-unsaturated/α-hetero) is 1. The number of aromatic hydroxyl groups is 1. The summed E-state index contributed by atoms with van der Waals surface area (Å²) in [6.45, 7) is 2.37. The Labute approximate surface area is 133 Å². The molecular formula is C16H20N2O5. The van der Waals surface area contributed by atoms with E-state index in [0.29, 0.717) is 18.7 Å². The van der Waals surface area contributed by atoms with E-state index in [2.05, 4.69) is 5.32 Å². The molecule has 0 spiro atoms. The average Bonchev–Trinajstić information content (AvgIpc) is 2.77. The molecule has 0 aliphatic carbocycles. The molecule has 124 valence electrons. The van der Waals surface area contributed by atoms with Gasteiger partial charge >= 0.3 is 0 Å². The average molecular weight is 320 g/mol. The van der Waals surface area contributed by atoms with Crippen molar-refractivity contribution < 1.29 is 24.9 Å². The topological polar surface area (TPSA) is 110 Å². The highest BCUT2D eigenvalue weighted by Crippen LogP contribution is 2.37.